The summed E-state index contributed by atoms with van der Waals surface area (Å²) in [5, 5.41) is 3.75. The summed E-state index contributed by atoms with van der Waals surface area (Å²) in [7, 11) is 0. The fourth-order valence-electron chi connectivity index (χ4n) is 3.76. The van der Waals surface area contributed by atoms with Gasteiger partial charge in [0, 0.05) is 42.3 Å². The third-order valence-corrected chi connectivity index (χ3v) is 5.74. The normalized spacial score (nSPS) is 14.5. The van der Waals surface area contributed by atoms with Gasteiger partial charge in [0.1, 0.15) is 5.82 Å². The minimum Gasteiger partial charge on any atom is -0.356 e. The summed E-state index contributed by atoms with van der Waals surface area (Å²) in [4.78, 5) is 24.0. The van der Waals surface area contributed by atoms with Crippen LogP contribution in [0.2, 0.25) is 5.02 Å². The molecule has 5 nitrogen and oxygen atoms in total. The van der Waals surface area contributed by atoms with Crippen molar-refractivity contribution in [2.24, 2.45) is 5.92 Å². The van der Waals surface area contributed by atoms with E-state index in [1.165, 1.54) is 5.56 Å². The van der Waals surface area contributed by atoms with Crippen LogP contribution in [0.4, 0.5) is 5.82 Å². The van der Waals surface area contributed by atoms with Crippen molar-refractivity contribution in [2.75, 3.05) is 18.0 Å². The number of anilines is 1. The molecular formula is C24H25ClN4O. The second kappa shape index (κ2) is 9.26. The highest BCUT2D eigenvalue weighted by Crippen LogP contribution is 2.24. The lowest BCUT2D eigenvalue weighted by Gasteiger charge is -2.32. The molecule has 1 N–H and O–H groups in total. The van der Waals surface area contributed by atoms with Gasteiger partial charge in [0.2, 0.25) is 5.91 Å². The molecule has 0 radical (unpaired) electrons. The van der Waals surface area contributed by atoms with Crippen LogP contribution in [0.1, 0.15) is 24.0 Å². The van der Waals surface area contributed by atoms with Crippen molar-refractivity contribution in [1.29, 1.82) is 0 Å². The number of aromatic nitrogens is 2. The fraction of sp³-hybridized carbons (Fsp3) is 0.292. The molecule has 154 valence electrons. The number of piperidine rings is 1. The van der Waals surface area contributed by atoms with Crippen molar-refractivity contribution in [3.8, 4) is 11.4 Å². The van der Waals surface area contributed by atoms with E-state index < -0.39 is 0 Å². The zero-order valence-electron chi connectivity index (χ0n) is 17.0. The van der Waals surface area contributed by atoms with E-state index in [1.807, 2.05) is 48.7 Å². The highest BCUT2D eigenvalue weighted by Gasteiger charge is 2.25. The van der Waals surface area contributed by atoms with Gasteiger partial charge in [-0.2, -0.15) is 0 Å². The standard InChI is InChI=1S/C24H25ClN4O/c1-17-3-2-4-20(15-17)23-26-12-9-22(28-23)29-13-10-19(11-14-29)24(30)27-16-18-5-7-21(25)8-6-18/h2-9,12,15,19H,10-11,13-14,16H2,1H3,(H,27,30). The van der Waals surface area contributed by atoms with E-state index in [2.05, 4.69) is 34.3 Å². The number of rotatable bonds is 5. The molecular weight excluding hydrogens is 396 g/mol. The maximum atomic E-state index is 12.6. The molecule has 1 aliphatic heterocycles. The summed E-state index contributed by atoms with van der Waals surface area (Å²) in [6.07, 6.45) is 3.44. The Labute approximate surface area is 182 Å². The molecule has 6 heteroatoms. The third kappa shape index (κ3) is 4.97. The summed E-state index contributed by atoms with van der Waals surface area (Å²) in [6.45, 7) is 4.21. The first kappa shape index (κ1) is 20.4. The Hall–Kier alpha value is -2.92. The quantitative estimate of drug-likeness (QED) is 0.653. The fourth-order valence-corrected chi connectivity index (χ4v) is 3.88. The summed E-state index contributed by atoms with van der Waals surface area (Å²) in [6, 6.07) is 17.7. The monoisotopic (exact) mass is 420 g/mol. The smallest absolute Gasteiger partial charge is 0.223 e. The SMILES string of the molecule is Cc1cccc(-c2nccc(N3CCC(C(=O)NCc4ccc(Cl)cc4)CC3)n2)c1. The average Bonchev–Trinajstić information content (AvgIpc) is 2.79. The first-order valence-electron chi connectivity index (χ1n) is 10.3. The second-order valence-electron chi connectivity index (χ2n) is 7.71. The molecule has 0 bridgehead atoms. The predicted molar refractivity (Wildman–Crippen MR) is 120 cm³/mol. The van der Waals surface area contributed by atoms with Crippen LogP contribution < -0.4 is 10.2 Å². The number of amides is 1. The average molecular weight is 421 g/mol. The van der Waals surface area contributed by atoms with E-state index >= 15 is 0 Å². The van der Waals surface area contributed by atoms with Crippen LogP contribution in [0.25, 0.3) is 11.4 Å². The molecule has 0 unspecified atom stereocenters. The number of carbonyl (C=O) groups is 1. The van der Waals surface area contributed by atoms with Crippen LogP contribution in [0.15, 0.2) is 60.8 Å². The Morgan fingerprint density at radius 2 is 1.90 bits per heavy atom. The van der Waals surface area contributed by atoms with E-state index in [-0.39, 0.29) is 11.8 Å². The van der Waals surface area contributed by atoms with E-state index in [0.717, 1.165) is 48.7 Å². The molecule has 0 spiro atoms. The molecule has 3 aromatic rings. The van der Waals surface area contributed by atoms with Gasteiger partial charge in [-0.25, -0.2) is 9.97 Å². The van der Waals surface area contributed by atoms with Crippen LogP contribution in [0.3, 0.4) is 0 Å². The van der Waals surface area contributed by atoms with Crippen LogP contribution in [0.5, 0.6) is 0 Å². The predicted octanol–water partition coefficient (Wildman–Crippen LogP) is 4.64. The van der Waals surface area contributed by atoms with Crippen molar-refractivity contribution in [1.82, 2.24) is 15.3 Å². The number of nitrogens with one attached hydrogen (secondary N) is 1. The van der Waals surface area contributed by atoms with Gasteiger partial charge in [-0.1, -0.05) is 47.5 Å². The lowest BCUT2D eigenvalue weighted by atomic mass is 9.96. The van der Waals surface area contributed by atoms with Gasteiger partial charge in [-0.05, 0) is 49.6 Å². The molecule has 30 heavy (non-hydrogen) atoms. The van der Waals surface area contributed by atoms with Gasteiger partial charge >= 0.3 is 0 Å². The highest BCUT2D eigenvalue weighted by molar-refractivity contribution is 6.30. The van der Waals surface area contributed by atoms with E-state index in [0.29, 0.717) is 11.6 Å². The molecule has 2 aromatic carbocycles. The lowest BCUT2D eigenvalue weighted by Crippen LogP contribution is -2.40. The molecule has 0 aliphatic carbocycles. The number of hydrogen-bond acceptors (Lipinski definition) is 4. The zero-order chi connectivity index (χ0) is 20.9. The van der Waals surface area contributed by atoms with Gasteiger partial charge in [-0.3, -0.25) is 4.79 Å². The highest BCUT2D eigenvalue weighted by atomic mass is 35.5. The van der Waals surface area contributed by atoms with Gasteiger partial charge in [0.25, 0.3) is 0 Å². The summed E-state index contributed by atoms with van der Waals surface area (Å²) >= 11 is 5.91. The zero-order valence-corrected chi connectivity index (χ0v) is 17.8. The molecule has 1 amide bonds. The minimum atomic E-state index is 0.0339. The van der Waals surface area contributed by atoms with Crippen LogP contribution >= 0.6 is 11.6 Å². The Morgan fingerprint density at radius 1 is 1.13 bits per heavy atom. The van der Waals surface area contributed by atoms with Crippen molar-refractivity contribution in [2.45, 2.75) is 26.3 Å². The Morgan fingerprint density at radius 3 is 2.63 bits per heavy atom. The van der Waals surface area contributed by atoms with Gasteiger partial charge in [-0.15, -0.1) is 0 Å². The van der Waals surface area contributed by atoms with Crippen molar-refractivity contribution >= 4 is 23.3 Å². The van der Waals surface area contributed by atoms with Crippen LogP contribution in [-0.4, -0.2) is 29.0 Å². The van der Waals surface area contributed by atoms with Gasteiger partial charge < -0.3 is 10.2 Å². The molecule has 0 atom stereocenters. The largest absolute Gasteiger partial charge is 0.356 e. The maximum absolute atomic E-state index is 12.6. The number of nitrogens with zero attached hydrogens (tertiary/aromatic N) is 3. The summed E-state index contributed by atoms with van der Waals surface area (Å²) in [5.41, 5.74) is 3.26. The lowest BCUT2D eigenvalue weighted by molar-refractivity contribution is -0.125. The summed E-state index contributed by atoms with van der Waals surface area (Å²) in [5.74, 6) is 1.81. The number of benzene rings is 2. The number of aryl methyl sites for hydroxylation is 1. The van der Waals surface area contributed by atoms with Crippen molar-refractivity contribution in [3.63, 3.8) is 0 Å². The van der Waals surface area contributed by atoms with Crippen molar-refractivity contribution < 1.29 is 4.79 Å². The Kier molecular flexibility index (Phi) is 6.29. The topological polar surface area (TPSA) is 58.1 Å². The minimum absolute atomic E-state index is 0.0339. The molecule has 1 saturated heterocycles. The maximum Gasteiger partial charge on any atom is 0.223 e. The molecule has 4 rings (SSSR count). The number of halogens is 1. The van der Waals surface area contributed by atoms with Crippen molar-refractivity contribution in [3.05, 3.63) is 76.9 Å². The Balaban J connectivity index is 1.33. The Bertz CT molecular complexity index is 1010. The van der Waals surface area contributed by atoms with E-state index in [4.69, 9.17) is 16.6 Å². The van der Waals surface area contributed by atoms with E-state index in [9.17, 15) is 4.79 Å². The van der Waals surface area contributed by atoms with Crippen LogP contribution in [-0.2, 0) is 11.3 Å². The number of carbonyl (C=O) groups excluding carboxylic acids is 1. The second-order valence-corrected chi connectivity index (χ2v) is 8.15. The summed E-state index contributed by atoms with van der Waals surface area (Å²) < 4.78 is 0. The number of hydrogen-bond donors (Lipinski definition) is 1. The first-order valence-corrected chi connectivity index (χ1v) is 10.6. The molecule has 1 aliphatic rings. The first-order chi connectivity index (χ1) is 14.6. The van der Waals surface area contributed by atoms with Crippen LogP contribution in [0, 0.1) is 12.8 Å². The molecule has 0 saturated carbocycles. The van der Waals surface area contributed by atoms with Gasteiger partial charge in [0.05, 0.1) is 0 Å². The molecule has 2 heterocycles. The molecule has 1 aromatic heterocycles. The molecule has 1 fully saturated rings. The van der Waals surface area contributed by atoms with Gasteiger partial charge in [0.15, 0.2) is 5.82 Å². The third-order valence-electron chi connectivity index (χ3n) is 5.49. The van der Waals surface area contributed by atoms with E-state index in [1.54, 1.807) is 0 Å².